The third-order valence-electron chi connectivity index (χ3n) is 4.94. The lowest BCUT2D eigenvalue weighted by molar-refractivity contribution is -0.141. The molecule has 6 heteroatoms. The first-order chi connectivity index (χ1) is 10.7. The number of ether oxygens (including phenoxy) is 1. The lowest BCUT2D eigenvalue weighted by Crippen LogP contribution is -2.51. The summed E-state index contributed by atoms with van der Waals surface area (Å²) in [6.07, 6.45) is 2.11. The molecule has 2 aliphatic rings. The fraction of sp³-hybridized carbons (Fsp3) is 0.882. The zero-order chi connectivity index (χ0) is 17.2. The summed E-state index contributed by atoms with van der Waals surface area (Å²) in [4.78, 5) is 28.6. The van der Waals surface area contributed by atoms with Crippen molar-refractivity contribution in [2.75, 3.05) is 33.8 Å². The van der Waals surface area contributed by atoms with Crippen LogP contribution in [0.25, 0.3) is 0 Å². The van der Waals surface area contributed by atoms with E-state index in [1.165, 1.54) is 7.11 Å². The van der Waals surface area contributed by atoms with Gasteiger partial charge in [0.05, 0.1) is 7.11 Å². The molecular weight excluding hydrogens is 294 g/mol. The number of nitrogens with zero attached hydrogens (tertiary/aromatic N) is 2. The van der Waals surface area contributed by atoms with E-state index in [1.807, 2.05) is 0 Å². The number of rotatable bonds is 4. The van der Waals surface area contributed by atoms with Gasteiger partial charge in [0, 0.05) is 38.1 Å². The van der Waals surface area contributed by atoms with Gasteiger partial charge in [0.15, 0.2) is 0 Å². The molecule has 0 unspecified atom stereocenters. The predicted octanol–water partition coefficient (Wildman–Crippen LogP) is 0.859. The Kier molecular flexibility index (Phi) is 5.68. The van der Waals surface area contributed by atoms with Crippen molar-refractivity contribution in [3.8, 4) is 0 Å². The maximum Gasteiger partial charge on any atom is 0.305 e. The van der Waals surface area contributed by atoms with Crippen LogP contribution in [-0.2, 0) is 14.3 Å². The molecule has 2 saturated heterocycles. The number of hydrogen-bond acceptors (Lipinski definition) is 5. The largest absolute Gasteiger partial charge is 0.469 e. The van der Waals surface area contributed by atoms with E-state index in [-0.39, 0.29) is 35.4 Å². The first-order valence-electron chi connectivity index (χ1n) is 8.53. The number of esters is 1. The predicted molar refractivity (Wildman–Crippen MR) is 89.0 cm³/mol. The van der Waals surface area contributed by atoms with Crippen molar-refractivity contribution in [3.05, 3.63) is 0 Å². The van der Waals surface area contributed by atoms with Gasteiger partial charge in [-0.1, -0.05) is 20.8 Å². The molecule has 132 valence electrons. The molecule has 0 bridgehead atoms. The standard InChI is InChI=1S/C17H31N3O3/c1-17(2,3)11-20-9-8-13-15(20)16(22)18-10-12(19(13)4)6-7-14(21)23-5/h12-13,15H,6-11H2,1-5H3,(H,18,22)/t12-,13+,15-/m0/s1. The molecule has 3 atom stereocenters. The van der Waals surface area contributed by atoms with Gasteiger partial charge < -0.3 is 10.1 Å². The highest BCUT2D eigenvalue weighted by Gasteiger charge is 2.45. The minimum absolute atomic E-state index is 0.0812. The van der Waals surface area contributed by atoms with Gasteiger partial charge in [-0.15, -0.1) is 0 Å². The normalized spacial score (nSPS) is 29.8. The van der Waals surface area contributed by atoms with Crippen LogP contribution in [0.15, 0.2) is 0 Å². The Morgan fingerprint density at radius 2 is 2.09 bits per heavy atom. The number of fused-ring (bicyclic) bond motifs is 1. The Morgan fingerprint density at radius 3 is 2.70 bits per heavy atom. The molecular formula is C17H31N3O3. The number of carbonyl (C=O) groups excluding carboxylic acids is 2. The Balaban J connectivity index is 2.07. The van der Waals surface area contributed by atoms with E-state index in [2.05, 4.69) is 42.9 Å². The lowest BCUT2D eigenvalue weighted by atomic mass is 9.95. The van der Waals surface area contributed by atoms with Gasteiger partial charge in [-0.05, 0) is 25.3 Å². The third-order valence-corrected chi connectivity index (χ3v) is 4.94. The topological polar surface area (TPSA) is 61.9 Å². The number of likely N-dealkylation sites (N-methyl/N-ethyl adjacent to an activating group) is 1. The van der Waals surface area contributed by atoms with Crippen molar-refractivity contribution in [1.29, 1.82) is 0 Å². The fourth-order valence-corrected chi connectivity index (χ4v) is 3.82. The van der Waals surface area contributed by atoms with Gasteiger partial charge >= 0.3 is 5.97 Å². The van der Waals surface area contributed by atoms with Crippen molar-refractivity contribution in [1.82, 2.24) is 15.1 Å². The van der Waals surface area contributed by atoms with E-state index in [9.17, 15) is 9.59 Å². The molecule has 0 saturated carbocycles. The number of amides is 1. The molecule has 1 N–H and O–H groups in total. The van der Waals surface area contributed by atoms with Crippen LogP contribution in [0.2, 0.25) is 0 Å². The number of nitrogens with one attached hydrogen (secondary N) is 1. The van der Waals surface area contributed by atoms with E-state index < -0.39 is 0 Å². The van der Waals surface area contributed by atoms with Crippen LogP contribution in [0.1, 0.15) is 40.0 Å². The molecule has 0 aromatic heterocycles. The first-order valence-corrected chi connectivity index (χ1v) is 8.53. The molecule has 0 radical (unpaired) electrons. The van der Waals surface area contributed by atoms with Crippen molar-refractivity contribution >= 4 is 11.9 Å². The van der Waals surface area contributed by atoms with E-state index in [0.717, 1.165) is 19.5 Å². The maximum absolute atomic E-state index is 12.6. The molecule has 2 rings (SSSR count). The van der Waals surface area contributed by atoms with Crippen molar-refractivity contribution in [2.24, 2.45) is 5.41 Å². The molecule has 6 nitrogen and oxygen atoms in total. The zero-order valence-electron chi connectivity index (χ0n) is 15.1. The molecule has 2 heterocycles. The number of hydrogen-bond donors (Lipinski definition) is 1. The van der Waals surface area contributed by atoms with Crippen LogP contribution >= 0.6 is 0 Å². The minimum Gasteiger partial charge on any atom is -0.469 e. The molecule has 0 spiro atoms. The highest BCUT2D eigenvalue weighted by molar-refractivity contribution is 5.83. The summed E-state index contributed by atoms with van der Waals surface area (Å²) >= 11 is 0. The molecule has 23 heavy (non-hydrogen) atoms. The Morgan fingerprint density at radius 1 is 1.39 bits per heavy atom. The summed E-state index contributed by atoms with van der Waals surface area (Å²) in [7, 11) is 3.50. The van der Waals surface area contributed by atoms with Crippen LogP contribution < -0.4 is 5.32 Å². The van der Waals surface area contributed by atoms with Gasteiger partial charge in [0.1, 0.15) is 6.04 Å². The van der Waals surface area contributed by atoms with E-state index in [0.29, 0.717) is 19.4 Å². The summed E-state index contributed by atoms with van der Waals surface area (Å²) < 4.78 is 4.73. The Labute approximate surface area is 139 Å². The highest BCUT2D eigenvalue weighted by Crippen LogP contribution is 2.29. The molecule has 1 amide bonds. The number of methoxy groups -OCH3 is 1. The molecule has 2 fully saturated rings. The summed E-state index contributed by atoms with van der Waals surface area (Å²) in [5, 5.41) is 3.08. The van der Waals surface area contributed by atoms with Crippen molar-refractivity contribution in [2.45, 2.75) is 58.2 Å². The zero-order valence-corrected chi connectivity index (χ0v) is 15.1. The average molecular weight is 325 g/mol. The summed E-state index contributed by atoms with van der Waals surface area (Å²) in [5.41, 5.74) is 0.171. The summed E-state index contributed by atoms with van der Waals surface area (Å²) in [6, 6.07) is 0.326. The van der Waals surface area contributed by atoms with Gasteiger partial charge in [-0.25, -0.2) is 0 Å². The van der Waals surface area contributed by atoms with Crippen LogP contribution in [-0.4, -0.2) is 73.6 Å². The van der Waals surface area contributed by atoms with Gasteiger partial charge in [0.2, 0.25) is 5.91 Å². The van der Waals surface area contributed by atoms with E-state index in [1.54, 1.807) is 0 Å². The fourth-order valence-electron chi connectivity index (χ4n) is 3.82. The average Bonchev–Trinajstić information content (AvgIpc) is 2.82. The Bertz CT molecular complexity index is 447. The smallest absolute Gasteiger partial charge is 0.305 e. The lowest BCUT2D eigenvalue weighted by Gasteiger charge is -2.34. The van der Waals surface area contributed by atoms with Crippen LogP contribution in [0.3, 0.4) is 0 Å². The van der Waals surface area contributed by atoms with Crippen LogP contribution in [0.5, 0.6) is 0 Å². The second kappa shape index (κ2) is 7.18. The van der Waals surface area contributed by atoms with E-state index >= 15 is 0 Å². The molecule has 0 aromatic carbocycles. The quantitative estimate of drug-likeness (QED) is 0.777. The second-order valence-corrected chi connectivity index (χ2v) is 8.01. The third kappa shape index (κ3) is 4.44. The van der Waals surface area contributed by atoms with Crippen molar-refractivity contribution < 1.29 is 14.3 Å². The summed E-state index contributed by atoms with van der Waals surface area (Å²) in [6.45, 7) is 9.09. The minimum atomic E-state index is -0.189. The van der Waals surface area contributed by atoms with Gasteiger partial charge in [-0.2, -0.15) is 0 Å². The second-order valence-electron chi connectivity index (χ2n) is 8.01. The number of carbonyl (C=O) groups is 2. The van der Waals surface area contributed by atoms with Gasteiger partial charge in [-0.3, -0.25) is 19.4 Å². The van der Waals surface area contributed by atoms with Crippen molar-refractivity contribution in [3.63, 3.8) is 0 Å². The first kappa shape index (κ1) is 18.2. The van der Waals surface area contributed by atoms with Gasteiger partial charge in [0.25, 0.3) is 0 Å². The summed E-state index contributed by atoms with van der Waals surface area (Å²) in [5.74, 6) is -0.0597. The molecule has 2 aliphatic heterocycles. The van der Waals surface area contributed by atoms with E-state index in [4.69, 9.17) is 4.74 Å². The SMILES string of the molecule is COC(=O)CC[C@H]1CNC(=O)[C@@H]2[C@@H](CCN2CC(C)(C)C)N1C. The van der Waals surface area contributed by atoms with Crippen LogP contribution in [0, 0.1) is 5.41 Å². The molecule has 0 aromatic rings. The van der Waals surface area contributed by atoms with Crippen LogP contribution in [0.4, 0.5) is 0 Å². The Hall–Kier alpha value is -1.14. The molecule has 0 aliphatic carbocycles. The monoisotopic (exact) mass is 325 g/mol. The highest BCUT2D eigenvalue weighted by atomic mass is 16.5. The maximum atomic E-state index is 12.6. The number of likely N-dealkylation sites (tertiary alicyclic amines) is 1.